The van der Waals surface area contributed by atoms with Gasteiger partial charge in [0.2, 0.25) is 0 Å². The average Bonchev–Trinajstić information content (AvgIpc) is 2.49. The van der Waals surface area contributed by atoms with Gasteiger partial charge in [0.15, 0.2) is 5.82 Å². The number of benzene rings is 1. The highest BCUT2D eigenvalue weighted by Gasteiger charge is 2.21. The van der Waals surface area contributed by atoms with E-state index in [9.17, 15) is 0 Å². The van der Waals surface area contributed by atoms with E-state index < -0.39 is 0 Å². The van der Waals surface area contributed by atoms with Crippen molar-refractivity contribution in [3.63, 3.8) is 0 Å². The Hall–Kier alpha value is -1.78. The minimum atomic E-state index is -0.199. The number of hydrogen-bond donors (Lipinski definition) is 1. The topological polar surface area (TPSA) is 47.0 Å². The van der Waals surface area contributed by atoms with Crippen LogP contribution in [0.1, 0.15) is 34.4 Å². The third-order valence-electron chi connectivity index (χ3n) is 3.73. The Morgan fingerprint density at radius 1 is 1.20 bits per heavy atom. The molecule has 1 unspecified atom stereocenters. The van der Waals surface area contributed by atoms with Crippen LogP contribution < -0.4 is 5.32 Å². The summed E-state index contributed by atoms with van der Waals surface area (Å²) in [7, 11) is 1.71. The predicted molar refractivity (Wildman–Crippen MR) is 77.5 cm³/mol. The lowest BCUT2D eigenvalue weighted by Crippen LogP contribution is -2.27. The molecule has 0 spiro atoms. The molecular formula is C16H19N3O. The van der Waals surface area contributed by atoms with Crippen molar-refractivity contribution >= 4 is 0 Å². The molecule has 1 aromatic heterocycles. The molecule has 0 fully saturated rings. The van der Waals surface area contributed by atoms with Crippen molar-refractivity contribution in [1.29, 1.82) is 0 Å². The summed E-state index contributed by atoms with van der Waals surface area (Å²) in [6.45, 7) is 3.89. The number of fused-ring (bicyclic) bond motifs is 1. The van der Waals surface area contributed by atoms with Crippen molar-refractivity contribution in [1.82, 2.24) is 15.3 Å². The molecule has 1 N–H and O–H groups in total. The van der Waals surface area contributed by atoms with Gasteiger partial charge in [-0.3, -0.25) is 0 Å². The monoisotopic (exact) mass is 269 g/mol. The molecule has 0 radical (unpaired) electrons. The van der Waals surface area contributed by atoms with Gasteiger partial charge in [-0.05, 0) is 12.5 Å². The van der Waals surface area contributed by atoms with Crippen molar-refractivity contribution in [2.45, 2.75) is 26.0 Å². The van der Waals surface area contributed by atoms with Crippen LogP contribution in [0.4, 0.5) is 0 Å². The first kappa shape index (κ1) is 13.2. The third-order valence-corrected chi connectivity index (χ3v) is 3.73. The van der Waals surface area contributed by atoms with E-state index in [4.69, 9.17) is 9.72 Å². The van der Waals surface area contributed by atoms with Crippen molar-refractivity contribution in [3.8, 4) is 0 Å². The van der Waals surface area contributed by atoms with Gasteiger partial charge in [-0.1, -0.05) is 30.3 Å². The largest absolute Gasteiger partial charge is 0.369 e. The molecule has 0 saturated carbocycles. The lowest BCUT2D eigenvalue weighted by molar-refractivity contribution is 0.128. The first-order chi connectivity index (χ1) is 9.79. The molecular weight excluding hydrogens is 250 g/mol. The molecule has 0 bridgehead atoms. The summed E-state index contributed by atoms with van der Waals surface area (Å²) < 4.78 is 5.63. The number of hydrogen-bond acceptors (Lipinski definition) is 4. The lowest BCUT2D eigenvalue weighted by atomic mass is 10.0. The van der Waals surface area contributed by atoms with E-state index in [1.807, 2.05) is 30.3 Å². The number of methoxy groups -OCH3 is 1. The normalized spacial score (nSPS) is 15.7. The fourth-order valence-corrected chi connectivity index (χ4v) is 2.67. The summed E-state index contributed by atoms with van der Waals surface area (Å²) in [4.78, 5) is 9.40. The minimum Gasteiger partial charge on any atom is -0.369 e. The summed E-state index contributed by atoms with van der Waals surface area (Å²) in [6, 6.07) is 10.1. The van der Waals surface area contributed by atoms with Crippen molar-refractivity contribution in [2.75, 3.05) is 13.7 Å². The summed E-state index contributed by atoms with van der Waals surface area (Å²) in [5, 5.41) is 3.36. The second kappa shape index (κ2) is 5.69. The van der Waals surface area contributed by atoms with E-state index >= 15 is 0 Å². The van der Waals surface area contributed by atoms with Crippen LogP contribution in [-0.4, -0.2) is 23.6 Å². The standard InChI is InChI=1S/C16H19N3O/c1-11-13-10-17-9-8-14(13)19-16(18-11)15(20-2)12-6-4-3-5-7-12/h3-7,15,17H,8-10H2,1-2H3. The van der Waals surface area contributed by atoms with Gasteiger partial charge in [-0.25, -0.2) is 9.97 Å². The van der Waals surface area contributed by atoms with Crippen LogP contribution in [0.2, 0.25) is 0 Å². The first-order valence-electron chi connectivity index (χ1n) is 6.94. The van der Waals surface area contributed by atoms with Gasteiger partial charge in [0, 0.05) is 37.9 Å². The van der Waals surface area contributed by atoms with Crippen molar-refractivity contribution in [2.24, 2.45) is 0 Å². The molecule has 2 aromatic rings. The van der Waals surface area contributed by atoms with Gasteiger partial charge in [0.25, 0.3) is 0 Å². The summed E-state index contributed by atoms with van der Waals surface area (Å²) in [5.41, 5.74) is 4.53. The number of aryl methyl sites for hydroxylation is 1. The average molecular weight is 269 g/mol. The van der Waals surface area contributed by atoms with Crippen molar-refractivity contribution < 1.29 is 4.74 Å². The predicted octanol–water partition coefficient (Wildman–Crippen LogP) is 2.17. The summed E-state index contributed by atoms with van der Waals surface area (Å²) in [6.07, 6.45) is 0.756. The molecule has 1 aromatic carbocycles. The van der Waals surface area contributed by atoms with E-state index in [0.717, 1.165) is 42.3 Å². The Morgan fingerprint density at radius 2 is 2.00 bits per heavy atom. The van der Waals surface area contributed by atoms with Gasteiger partial charge in [0.1, 0.15) is 6.10 Å². The van der Waals surface area contributed by atoms with Crippen LogP contribution in [0.5, 0.6) is 0 Å². The Labute approximate surface area is 119 Å². The van der Waals surface area contributed by atoms with E-state index in [1.165, 1.54) is 5.56 Å². The van der Waals surface area contributed by atoms with Crippen LogP contribution in [0.25, 0.3) is 0 Å². The van der Waals surface area contributed by atoms with E-state index in [0.29, 0.717) is 0 Å². The minimum absolute atomic E-state index is 0.199. The Bertz CT molecular complexity index is 598. The molecule has 104 valence electrons. The van der Waals surface area contributed by atoms with Gasteiger partial charge in [0.05, 0.1) is 5.69 Å². The molecule has 0 saturated heterocycles. The van der Waals surface area contributed by atoms with Crippen LogP contribution in [0, 0.1) is 6.92 Å². The Morgan fingerprint density at radius 3 is 2.75 bits per heavy atom. The van der Waals surface area contributed by atoms with Gasteiger partial charge >= 0.3 is 0 Å². The zero-order valence-corrected chi connectivity index (χ0v) is 11.9. The highest BCUT2D eigenvalue weighted by Crippen LogP contribution is 2.25. The Kier molecular flexibility index (Phi) is 3.76. The number of nitrogens with zero attached hydrogens (tertiary/aromatic N) is 2. The van der Waals surface area contributed by atoms with Gasteiger partial charge in [-0.2, -0.15) is 0 Å². The fraction of sp³-hybridized carbons (Fsp3) is 0.375. The number of ether oxygens (including phenoxy) is 1. The summed E-state index contributed by atoms with van der Waals surface area (Å²) in [5.74, 6) is 0.761. The molecule has 3 rings (SSSR count). The molecule has 1 aliphatic rings. The molecule has 1 aliphatic heterocycles. The second-order valence-corrected chi connectivity index (χ2v) is 5.05. The van der Waals surface area contributed by atoms with Crippen LogP contribution in [0.3, 0.4) is 0 Å². The first-order valence-corrected chi connectivity index (χ1v) is 6.94. The summed E-state index contributed by atoms with van der Waals surface area (Å²) >= 11 is 0. The number of aromatic nitrogens is 2. The fourth-order valence-electron chi connectivity index (χ4n) is 2.67. The molecule has 20 heavy (non-hydrogen) atoms. The molecule has 2 heterocycles. The maximum Gasteiger partial charge on any atom is 0.162 e. The SMILES string of the molecule is COC(c1ccccc1)c1nc(C)c2c(n1)CCNC2. The zero-order chi connectivity index (χ0) is 13.9. The van der Waals surface area contributed by atoms with Crippen LogP contribution >= 0.6 is 0 Å². The molecule has 0 amide bonds. The maximum absolute atomic E-state index is 5.63. The van der Waals surface area contributed by atoms with E-state index in [2.05, 4.69) is 17.2 Å². The highest BCUT2D eigenvalue weighted by atomic mass is 16.5. The number of nitrogens with one attached hydrogen (secondary N) is 1. The smallest absolute Gasteiger partial charge is 0.162 e. The van der Waals surface area contributed by atoms with E-state index in [1.54, 1.807) is 7.11 Å². The maximum atomic E-state index is 5.63. The van der Waals surface area contributed by atoms with Crippen LogP contribution in [-0.2, 0) is 17.7 Å². The zero-order valence-electron chi connectivity index (χ0n) is 11.9. The highest BCUT2D eigenvalue weighted by molar-refractivity contribution is 5.30. The van der Waals surface area contributed by atoms with Crippen LogP contribution in [0.15, 0.2) is 30.3 Å². The molecule has 1 atom stereocenters. The molecule has 4 heteroatoms. The second-order valence-electron chi connectivity index (χ2n) is 5.05. The molecule has 0 aliphatic carbocycles. The van der Waals surface area contributed by atoms with E-state index in [-0.39, 0.29) is 6.10 Å². The molecule has 4 nitrogen and oxygen atoms in total. The van der Waals surface area contributed by atoms with Gasteiger partial charge in [-0.15, -0.1) is 0 Å². The third kappa shape index (κ3) is 2.44. The lowest BCUT2D eigenvalue weighted by Gasteiger charge is -2.21. The Balaban J connectivity index is 2.02. The van der Waals surface area contributed by atoms with Gasteiger partial charge < -0.3 is 10.1 Å². The quantitative estimate of drug-likeness (QED) is 0.927. The number of rotatable bonds is 3. The van der Waals surface area contributed by atoms with Crippen molar-refractivity contribution in [3.05, 3.63) is 58.7 Å².